The number of hydrogen-bond donors (Lipinski definition) is 1. The fourth-order valence-electron chi connectivity index (χ4n) is 2.79. The molecule has 0 aromatic carbocycles. The van der Waals surface area contributed by atoms with Gasteiger partial charge in [-0.15, -0.1) is 0 Å². The molecule has 2 N–H and O–H groups in total. The van der Waals surface area contributed by atoms with Crippen molar-refractivity contribution in [3.8, 4) is 0 Å². The Morgan fingerprint density at radius 1 is 1.26 bits per heavy atom. The van der Waals surface area contributed by atoms with Crippen molar-refractivity contribution in [2.75, 3.05) is 0 Å². The van der Waals surface area contributed by atoms with E-state index in [4.69, 9.17) is 10.3 Å². The molecular weight excluding hydrogens is 238 g/mol. The second-order valence-electron chi connectivity index (χ2n) is 6.66. The maximum Gasteiger partial charge on any atom is 0.226 e. The molecule has 1 fully saturated rings. The van der Waals surface area contributed by atoms with Gasteiger partial charge < -0.3 is 10.3 Å². The van der Waals surface area contributed by atoms with Crippen LogP contribution in [0.15, 0.2) is 4.52 Å². The lowest BCUT2D eigenvalue weighted by Crippen LogP contribution is -2.32. The van der Waals surface area contributed by atoms with Gasteiger partial charge in [0.15, 0.2) is 5.82 Å². The van der Waals surface area contributed by atoms with Crippen LogP contribution in [0.3, 0.4) is 0 Å². The summed E-state index contributed by atoms with van der Waals surface area (Å²) >= 11 is 0. The number of aryl methyl sites for hydroxylation is 1. The van der Waals surface area contributed by atoms with Gasteiger partial charge in [0.05, 0.1) is 0 Å². The molecule has 0 aliphatic heterocycles. The molecule has 1 aliphatic rings. The lowest BCUT2D eigenvalue weighted by atomic mass is 9.80. The van der Waals surface area contributed by atoms with E-state index in [-0.39, 0.29) is 5.54 Å². The molecule has 1 saturated carbocycles. The van der Waals surface area contributed by atoms with Crippen molar-refractivity contribution in [1.82, 2.24) is 10.1 Å². The Hall–Kier alpha value is -0.900. The highest BCUT2D eigenvalue weighted by Gasteiger charge is 2.25. The first-order chi connectivity index (χ1) is 8.98. The number of rotatable bonds is 5. The average molecular weight is 265 g/mol. The molecule has 1 aromatic rings. The molecule has 4 heteroatoms. The Morgan fingerprint density at radius 2 is 1.95 bits per heavy atom. The monoisotopic (exact) mass is 265 g/mol. The zero-order valence-corrected chi connectivity index (χ0v) is 12.5. The predicted octanol–water partition coefficient (Wildman–Crippen LogP) is 3.42. The molecular formula is C15H27N3O. The van der Waals surface area contributed by atoms with E-state index in [9.17, 15) is 0 Å². The summed E-state index contributed by atoms with van der Waals surface area (Å²) < 4.78 is 5.35. The van der Waals surface area contributed by atoms with Gasteiger partial charge in [-0.2, -0.15) is 4.98 Å². The van der Waals surface area contributed by atoms with E-state index in [2.05, 4.69) is 17.1 Å². The summed E-state index contributed by atoms with van der Waals surface area (Å²) in [5.74, 6) is 3.07. The van der Waals surface area contributed by atoms with Gasteiger partial charge in [0, 0.05) is 17.9 Å². The number of hydrogen-bond acceptors (Lipinski definition) is 4. The minimum Gasteiger partial charge on any atom is -0.339 e. The molecule has 0 amide bonds. The fourth-order valence-corrected chi connectivity index (χ4v) is 2.79. The average Bonchev–Trinajstić information content (AvgIpc) is 2.84. The third-order valence-corrected chi connectivity index (χ3v) is 4.26. The fraction of sp³-hybridized carbons (Fsp3) is 0.867. The highest BCUT2D eigenvalue weighted by molar-refractivity contribution is 4.98. The minimum absolute atomic E-state index is 0.173. The largest absolute Gasteiger partial charge is 0.339 e. The molecule has 0 saturated heterocycles. The molecule has 0 unspecified atom stereocenters. The van der Waals surface area contributed by atoms with Gasteiger partial charge in [0.1, 0.15) is 0 Å². The highest BCUT2D eigenvalue weighted by Crippen LogP contribution is 2.35. The van der Waals surface area contributed by atoms with Gasteiger partial charge in [0.2, 0.25) is 5.89 Å². The normalized spacial score (nSPS) is 24.6. The van der Waals surface area contributed by atoms with Crippen LogP contribution >= 0.6 is 0 Å². The molecule has 1 aromatic heterocycles. The molecule has 0 bridgehead atoms. The third-order valence-electron chi connectivity index (χ3n) is 4.26. The Balaban J connectivity index is 1.87. The van der Waals surface area contributed by atoms with E-state index in [0.29, 0.717) is 5.92 Å². The summed E-state index contributed by atoms with van der Waals surface area (Å²) in [6.07, 6.45) is 7.98. The number of nitrogens with two attached hydrogens (primary N) is 1. The molecule has 4 nitrogen and oxygen atoms in total. The maximum atomic E-state index is 5.97. The van der Waals surface area contributed by atoms with Crippen molar-refractivity contribution in [1.29, 1.82) is 0 Å². The summed E-state index contributed by atoms with van der Waals surface area (Å²) in [5.41, 5.74) is 5.80. The van der Waals surface area contributed by atoms with Crippen LogP contribution in [0.25, 0.3) is 0 Å². The predicted molar refractivity (Wildman–Crippen MR) is 75.9 cm³/mol. The number of aromatic nitrogens is 2. The molecule has 0 radical (unpaired) electrons. The van der Waals surface area contributed by atoms with Crippen molar-refractivity contribution < 1.29 is 4.52 Å². The van der Waals surface area contributed by atoms with E-state index < -0.39 is 0 Å². The van der Waals surface area contributed by atoms with Gasteiger partial charge in [-0.05, 0) is 51.9 Å². The first-order valence-electron chi connectivity index (χ1n) is 7.59. The van der Waals surface area contributed by atoms with E-state index in [1.54, 1.807) is 0 Å². The summed E-state index contributed by atoms with van der Waals surface area (Å²) in [6, 6.07) is 0. The molecule has 19 heavy (non-hydrogen) atoms. The molecule has 0 spiro atoms. The zero-order chi connectivity index (χ0) is 13.9. The number of nitrogens with zero attached hydrogens (tertiary/aromatic N) is 2. The second kappa shape index (κ2) is 6.04. The van der Waals surface area contributed by atoms with Crippen molar-refractivity contribution >= 4 is 0 Å². The third kappa shape index (κ3) is 4.30. The van der Waals surface area contributed by atoms with Gasteiger partial charge in [0.25, 0.3) is 0 Å². The Morgan fingerprint density at radius 3 is 2.53 bits per heavy atom. The molecule has 1 aliphatic carbocycles. The van der Waals surface area contributed by atoms with Crippen molar-refractivity contribution in [3.63, 3.8) is 0 Å². The quantitative estimate of drug-likeness (QED) is 0.886. The van der Waals surface area contributed by atoms with E-state index in [1.165, 1.54) is 32.1 Å². The minimum atomic E-state index is -0.173. The molecule has 0 atom stereocenters. The van der Waals surface area contributed by atoms with Crippen LogP contribution < -0.4 is 5.73 Å². The maximum absolute atomic E-state index is 5.97. The first-order valence-corrected chi connectivity index (χ1v) is 7.59. The lowest BCUT2D eigenvalue weighted by molar-refractivity contribution is 0.302. The lowest BCUT2D eigenvalue weighted by Gasteiger charge is -2.25. The smallest absolute Gasteiger partial charge is 0.226 e. The molecule has 2 rings (SSSR count). The summed E-state index contributed by atoms with van der Waals surface area (Å²) in [7, 11) is 0. The summed E-state index contributed by atoms with van der Waals surface area (Å²) in [6.45, 7) is 6.33. The highest BCUT2D eigenvalue weighted by atomic mass is 16.5. The Labute approximate surface area is 116 Å². The molecule has 1 heterocycles. The van der Waals surface area contributed by atoms with Crippen LogP contribution in [0.4, 0.5) is 0 Å². The SMILES string of the molecule is CCC1CCC(c2noc(CCC(C)(C)N)n2)CC1. The van der Waals surface area contributed by atoms with Crippen molar-refractivity contribution in [2.45, 2.75) is 77.2 Å². The Bertz CT molecular complexity index is 386. The zero-order valence-electron chi connectivity index (χ0n) is 12.5. The summed E-state index contributed by atoms with van der Waals surface area (Å²) in [4.78, 5) is 4.55. The van der Waals surface area contributed by atoms with Gasteiger partial charge in [-0.1, -0.05) is 18.5 Å². The Kier molecular flexibility index (Phi) is 4.61. The molecule has 108 valence electrons. The van der Waals surface area contributed by atoms with Gasteiger partial charge in [-0.3, -0.25) is 0 Å². The van der Waals surface area contributed by atoms with E-state index >= 15 is 0 Å². The van der Waals surface area contributed by atoms with Crippen LogP contribution in [0.1, 0.15) is 76.9 Å². The van der Waals surface area contributed by atoms with Gasteiger partial charge in [-0.25, -0.2) is 0 Å². The second-order valence-corrected chi connectivity index (χ2v) is 6.66. The summed E-state index contributed by atoms with van der Waals surface area (Å²) in [5, 5.41) is 4.16. The van der Waals surface area contributed by atoms with Crippen LogP contribution in [-0.4, -0.2) is 15.7 Å². The van der Waals surface area contributed by atoms with E-state index in [0.717, 1.165) is 30.5 Å². The topological polar surface area (TPSA) is 64.9 Å². The van der Waals surface area contributed by atoms with E-state index in [1.807, 2.05) is 13.8 Å². The van der Waals surface area contributed by atoms with Gasteiger partial charge >= 0.3 is 0 Å². The standard InChI is InChI=1S/C15H27N3O/c1-4-11-5-7-12(8-6-11)14-17-13(19-18-14)9-10-15(2,3)16/h11-12H,4-10,16H2,1-3H3. The first kappa shape index (κ1) is 14.5. The van der Waals surface area contributed by atoms with Crippen LogP contribution in [0, 0.1) is 5.92 Å². The van der Waals surface area contributed by atoms with Crippen molar-refractivity contribution in [3.05, 3.63) is 11.7 Å². The van der Waals surface area contributed by atoms with Crippen LogP contribution in [-0.2, 0) is 6.42 Å². The van der Waals surface area contributed by atoms with Crippen LogP contribution in [0.5, 0.6) is 0 Å². The van der Waals surface area contributed by atoms with Crippen LogP contribution in [0.2, 0.25) is 0 Å². The van der Waals surface area contributed by atoms with Crippen molar-refractivity contribution in [2.24, 2.45) is 11.7 Å².